The molecule has 1 N–H and O–H groups in total. The first-order valence-electron chi connectivity index (χ1n) is 3.48. The fourth-order valence-corrected chi connectivity index (χ4v) is 1.18. The highest BCUT2D eigenvalue weighted by molar-refractivity contribution is 6.20. The summed E-state index contributed by atoms with van der Waals surface area (Å²) in [6.07, 6.45) is 5.59. The maximum Gasteiger partial charge on any atom is 0.124 e. The number of alkyl halides is 1. The maximum absolute atomic E-state index is 5.95. The molecule has 1 heterocycles. The SMILES string of the molecule is CCCC(Cl)c1ncc[nH]1. The minimum Gasteiger partial charge on any atom is -0.347 e. The molecule has 0 radical (unpaired) electrons. The fraction of sp³-hybridized carbons (Fsp3) is 0.571. The molecule has 1 aromatic rings. The molecule has 2 nitrogen and oxygen atoms in total. The van der Waals surface area contributed by atoms with Crippen LogP contribution in [0.1, 0.15) is 31.0 Å². The van der Waals surface area contributed by atoms with Gasteiger partial charge in [0.2, 0.25) is 0 Å². The Morgan fingerprint density at radius 3 is 3.10 bits per heavy atom. The van der Waals surface area contributed by atoms with Gasteiger partial charge >= 0.3 is 0 Å². The molecule has 3 heteroatoms. The predicted octanol–water partition coefficient (Wildman–Crippen LogP) is 2.49. The van der Waals surface area contributed by atoms with Crippen LogP contribution in [0, 0.1) is 0 Å². The molecular formula is C7H11ClN2. The summed E-state index contributed by atoms with van der Waals surface area (Å²) in [7, 11) is 0. The van der Waals surface area contributed by atoms with Crippen molar-refractivity contribution in [3.8, 4) is 0 Å². The average molecular weight is 159 g/mol. The zero-order valence-electron chi connectivity index (χ0n) is 5.97. The minimum absolute atomic E-state index is 0.0556. The molecule has 0 bridgehead atoms. The smallest absolute Gasteiger partial charge is 0.124 e. The number of aromatic nitrogens is 2. The number of imidazole rings is 1. The van der Waals surface area contributed by atoms with Crippen LogP contribution in [0.3, 0.4) is 0 Å². The Hall–Kier alpha value is -0.500. The first-order valence-corrected chi connectivity index (χ1v) is 3.91. The molecule has 0 fully saturated rings. The van der Waals surface area contributed by atoms with Crippen LogP contribution >= 0.6 is 11.6 Å². The lowest BCUT2D eigenvalue weighted by Crippen LogP contribution is -1.91. The third-order valence-corrected chi connectivity index (χ3v) is 1.78. The van der Waals surface area contributed by atoms with Gasteiger partial charge in [0.1, 0.15) is 5.82 Å². The van der Waals surface area contributed by atoms with Gasteiger partial charge in [-0.05, 0) is 6.42 Å². The molecule has 10 heavy (non-hydrogen) atoms. The number of nitrogens with zero attached hydrogens (tertiary/aromatic N) is 1. The average Bonchev–Trinajstić information content (AvgIpc) is 2.38. The molecule has 0 aliphatic carbocycles. The first-order chi connectivity index (χ1) is 4.84. The summed E-state index contributed by atoms with van der Waals surface area (Å²) in [5.74, 6) is 0.878. The Labute approximate surface area is 65.6 Å². The molecule has 0 saturated carbocycles. The molecule has 0 aromatic carbocycles. The number of aromatic amines is 1. The summed E-state index contributed by atoms with van der Waals surface area (Å²) in [6, 6.07) is 0. The topological polar surface area (TPSA) is 28.7 Å². The predicted molar refractivity (Wildman–Crippen MR) is 42.1 cm³/mol. The van der Waals surface area contributed by atoms with Gasteiger partial charge in [0.25, 0.3) is 0 Å². The fourth-order valence-electron chi connectivity index (χ4n) is 0.839. The van der Waals surface area contributed by atoms with E-state index in [0.717, 1.165) is 18.7 Å². The van der Waals surface area contributed by atoms with Gasteiger partial charge in [-0.1, -0.05) is 13.3 Å². The summed E-state index contributed by atoms with van der Waals surface area (Å²) in [4.78, 5) is 7.03. The first kappa shape index (κ1) is 7.61. The van der Waals surface area contributed by atoms with Gasteiger partial charge in [-0.15, -0.1) is 11.6 Å². The van der Waals surface area contributed by atoms with E-state index in [1.807, 2.05) is 0 Å². The normalized spacial score (nSPS) is 13.4. The van der Waals surface area contributed by atoms with Crippen LogP contribution in [0.5, 0.6) is 0 Å². The van der Waals surface area contributed by atoms with Crippen molar-refractivity contribution in [3.63, 3.8) is 0 Å². The van der Waals surface area contributed by atoms with E-state index in [1.54, 1.807) is 12.4 Å². The maximum atomic E-state index is 5.95. The van der Waals surface area contributed by atoms with E-state index < -0.39 is 0 Å². The molecule has 1 atom stereocenters. The monoisotopic (exact) mass is 158 g/mol. The van der Waals surface area contributed by atoms with Crippen LogP contribution in [0.4, 0.5) is 0 Å². The van der Waals surface area contributed by atoms with Crippen molar-refractivity contribution < 1.29 is 0 Å². The summed E-state index contributed by atoms with van der Waals surface area (Å²) in [6.45, 7) is 2.11. The molecule has 56 valence electrons. The second-order valence-corrected chi connectivity index (χ2v) is 2.76. The summed E-state index contributed by atoms with van der Waals surface area (Å²) in [5.41, 5.74) is 0. The molecule has 0 saturated heterocycles. The Bertz CT molecular complexity index is 172. The zero-order chi connectivity index (χ0) is 7.40. The molecule has 0 aliphatic rings. The van der Waals surface area contributed by atoms with Crippen LogP contribution < -0.4 is 0 Å². The molecule has 1 unspecified atom stereocenters. The van der Waals surface area contributed by atoms with E-state index in [1.165, 1.54) is 0 Å². The van der Waals surface area contributed by atoms with Crippen molar-refractivity contribution in [2.24, 2.45) is 0 Å². The number of hydrogen-bond donors (Lipinski definition) is 1. The van der Waals surface area contributed by atoms with Crippen molar-refractivity contribution in [1.29, 1.82) is 0 Å². The Kier molecular flexibility index (Phi) is 2.75. The number of nitrogens with one attached hydrogen (secondary N) is 1. The Morgan fingerprint density at radius 2 is 2.60 bits per heavy atom. The number of hydrogen-bond acceptors (Lipinski definition) is 1. The highest BCUT2D eigenvalue weighted by atomic mass is 35.5. The molecule has 0 amide bonds. The van der Waals surface area contributed by atoms with Gasteiger partial charge in [0.15, 0.2) is 0 Å². The van der Waals surface area contributed by atoms with E-state index in [9.17, 15) is 0 Å². The Balaban J connectivity index is 2.50. The lowest BCUT2D eigenvalue weighted by atomic mass is 10.2. The number of H-pyrrole nitrogens is 1. The summed E-state index contributed by atoms with van der Waals surface area (Å²) < 4.78 is 0. The van der Waals surface area contributed by atoms with Crippen LogP contribution in [0.25, 0.3) is 0 Å². The van der Waals surface area contributed by atoms with Gasteiger partial charge in [0.05, 0.1) is 5.38 Å². The van der Waals surface area contributed by atoms with E-state index in [0.29, 0.717) is 0 Å². The van der Waals surface area contributed by atoms with E-state index in [2.05, 4.69) is 16.9 Å². The second kappa shape index (κ2) is 3.62. The minimum atomic E-state index is 0.0556. The third kappa shape index (κ3) is 1.74. The van der Waals surface area contributed by atoms with Gasteiger partial charge in [-0.2, -0.15) is 0 Å². The highest BCUT2D eigenvalue weighted by Gasteiger charge is 2.07. The Morgan fingerprint density at radius 1 is 1.80 bits per heavy atom. The molecule has 0 aliphatic heterocycles. The third-order valence-electron chi connectivity index (χ3n) is 1.36. The molecule has 1 aromatic heterocycles. The highest BCUT2D eigenvalue weighted by Crippen LogP contribution is 2.21. The van der Waals surface area contributed by atoms with E-state index in [-0.39, 0.29) is 5.38 Å². The second-order valence-electron chi connectivity index (χ2n) is 2.23. The van der Waals surface area contributed by atoms with Crippen molar-refractivity contribution in [1.82, 2.24) is 9.97 Å². The molecule has 0 spiro atoms. The van der Waals surface area contributed by atoms with Crippen molar-refractivity contribution >= 4 is 11.6 Å². The van der Waals surface area contributed by atoms with E-state index in [4.69, 9.17) is 11.6 Å². The van der Waals surface area contributed by atoms with E-state index >= 15 is 0 Å². The van der Waals surface area contributed by atoms with Crippen LogP contribution in [-0.2, 0) is 0 Å². The van der Waals surface area contributed by atoms with Crippen molar-refractivity contribution in [2.75, 3.05) is 0 Å². The van der Waals surface area contributed by atoms with Gasteiger partial charge < -0.3 is 4.98 Å². The van der Waals surface area contributed by atoms with Gasteiger partial charge in [-0.3, -0.25) is 0 Å². The number of halogens is 1. The van der Waals surface area contributed by atoms with Crippen molar-refractivity contribution in [3.05, 3.63) is 18.2 Å². The largest absolute Gasteiger partial charge is 0.347 e. The van der Waals surface area contributed by atoms with Gasteiger partial charge in [0, 0.05) is 12.4 Å². The summed E-state index contributed by atoms with van der Waals surface area (Å²) >= 11 is 5.95. The molecule has 1 rings (SSSR count). The van der Waals surface area contributed by atoms with Crippen molar-refractivity contribution in [2.45, 2.75) is 25.1 Å². The van der Waals surface area contributed by atoms with Crippen LogP contribution in [-0.4, -0.2) is 9.97 Å². The van der Waals surface area contributed by atoms with Crippen LogP contribution in [0.2, 0.25) is 0 Å². The quantitative estimate of drug-likeness (QED) is 0.673. The number of rotatable bonds is 3. The summed E-state index contributed by atoms with van der Waals surface area (Å²) in [5, 5.41) is 0.0556. The lowest BCUT2D eigenvalue weighted by Gasteiger charge is -2.01. The van der Waals surface area contributed by atoms with Crippen LogP contribution in [0.15, 0.2) is 12.4 Å². The van der Waals surface area contributed by atoms with Gasteiger partial charge in [-0.25, -0.2) is 4.98 Å². The lowest BCUT2D eigenvalue weighted by molar-refractivity contribution is 0.737. The standard InChI is InChI=1S/C7H11ClN2/c1-2-3-6(8)7-9-4-5-10-7/h4-6H,2-3H2,1H3,(H,9,10). The zero-order valence-corrected chi connectivity index (χ0v) is 6.73. The molecular weight excluding hydrogens is 148 g/mol.